The van der Waals surface area contributed by atoms with E-state index in [2.05, 4.69) is 10.9 Å². The van der Waals surface area contributed by atoms with E-state index in [9.17, 15) is 14.4 Å². The SMILES string of the molecule is O=C(COC(=O)CCCC1CCCCC1)NNC(=O)c1ccccc1. The van der Waals surface area contributed by atoms with Crippen LogP contribution in [0, 0.1) is 5.92 Å². The van der Waals surface area contributed by atoms with Crippen LogP contribution in [0.4, 0.5) is 0 Å². The van der Waals surface area contributed by atoms with E-state index in [-0.39, 0.29) is 5.97 Å². The second-order valence-corrected chi connectivity index (χ2v) is 6.43. The Bertz CT molecular complexity index is 568. The molecule has 0 atom stereocenters. The van der Waals surface area contributed by atoms with Crippen LogP contribution in [0.15, 0.2) is 30.3 Å². The van der Waals surface area contributed by atoms with Crippen molar-refractivity contribution < 1.29 is 19.1 Å². The van der Waals surface area contributed by atoms with Crippen molar-refractivity contribution >= 4 is 17.8 Å². The molecule has 0 spiro atoms. The fourth-order valence-corrected chi connectivity index (χ4v) is 3.05. The third-order valence-electron chi connectivity index (χ3n) is 4.43. The molecule has 1 fully saturated rings. The number of rotatable bonds is 7. The summed E-state index contributed by atoms with van der Waals surface area (Å²) in [6.45, 7) is -0.392. The highest BCUT2D eigenvalue weighted by atomic mass is 16.5. The van der Waals surface area contributed by atoms with Crippen LogP contribution in [0.1, 0.15) is 61.7 Å². The van der Waals surface area contributed by atoms with Gasteiger partial charge in [-0.15, -0.1) is 0 Å². The van der Waals surface area contributed by atoms with Gasteiger partial charge in [0.05, 0.1) is 0 Å². The van der Waals surface area contributed by atoms with Crippen molar-refractivity contribution in [2.75, 3.05) is 6.61 Å². The summed E-state index contributed by atoms with van der Waals surface area (Å²) in [6, 6.07) is 8.52. The largest absolute Gasteiger partial charge is 0.455 e. The number of ether oxygens (including phenoxy) is 1. The molecule has 136 valence electrons. The van der Waals surface area contributed by atoms with Gasteiger partial charge in [0.1, 0.15) is 0 Å². The number of amides is 2. The molecule has 2 rings (SSSR count). The Morgan fingerprint density at radius 2 is 1.72 bits per heavy atom. The summed E-state index contributed by atoms with van der Waals surface area (Å²) in [4.78, 5) is 35.0. The van der Waals surface area contributed by atoms with Crippen molar-refractivity contribution in [1.82, 2.24) is 10.9 Å². The summed E-state index contributed by atoms with van der Waals surface area (Å²) in [5, 5.41) is 0. The Morgan fingerprint density at radius 1 is 1.00 bits per heavy atom. The monoisotopic (exact) mass is 346 g/mol. The number of hydrogen-bond acceptors (Lipinski definition) is 4. The van der Waals surface area contributed by atoms with Gasteiger partial charge >= 0.3 is 5.97 Å². The Morgan fingerprint density at radius 3 is 2.44 bits per heavy atom. The fraction of sp³-hybridized carbons (Fsp3) is 0.526. The van der Waals surface area contributed by atoms with Crippen molar-refractivity contribution in [3.05, 3.63) is 35.9 Å². The molecular formula is C19H26N2O4. The van der Waals surface area contributed by atoms with E-state index >= 15 is 0 Å². The summed E-state index contributed by atoms with van der Waals surface area (Å²) >= 11 is 0. The zero-order valence-electron chi connectivity index (χ0n) is 14.5. The third-order valence-corrected chi connectivity index (χ3v) is 4.43. The predicted octanol–water partition coefficient (Wildman–Crippen LogP) is 2.74. The minimum absolute atomic E-state index is 0.333. The van der Waals surface area contributed by atoms with Crippen molar-refractivity contribution in [3.63, 3.8) is 0 Å². The average molecular weight is 346 g/mol. The lowest BCUT2D eigenvalue weighted by Gasteiger charge is -2.20. The molecule has 6 heteroatoms. The first-order valence-electron chi connectivity index (χ1n) is 8.95. The molecule has 0 aromatic heterocycles. The van der Waals surface area contributed by atoms with E-state index in [4.69, 9.17) is 4.74 Å². The first kappa shape index (κ1) is 19.0. The zero-order valence-corrected chi connectivity index (χ0v) is 14.5. The van der Waals surface area contributed by atoms with Crippen LogP contribution in [0.5, 0.6) is 0 Å². The van der Waals surface area contributed by atoms with Gasteiger partial charge in [0.2, 0.25) is 0 Å². The van der Waals surface area contributed by atoms with Gasteiger partial charge in [-0.1, -0.05) is 50.3 Å². The Hall–Kier alpha value is -2.37. The minimum atomic E-state index is -0.565. The topological polar surface area (TPSA) is 84.5 Å². The molecule has 0 unspecified atom stereocenters. The third kappa shape index (κ3) is 7.37. The van der Waals surface area contributed by atoms with Crippen molar-refractivity contribution in [2.45, 2.75) is 51.4 Å². The zero-order chi connectivity index (χ0) is 17.9. The molecule has 0 bridgehead atoms. The molecule has 1 aromatic rings. The number of esters is 1. The van der Waals surface area contributed by atoms with Crippen molar-refractivity contribution in [1.29, 1.82) is 0 Å². The van der Waals surface area contributed by atoms with E-state index in [1.165, 1.54) is 32.1 Å². The van der Waals surface area contributed by atoms with Gasteiger partial charge in [-0.3, -0.25) is 25.2 Å². The van der Waals surface area contributed by atoms with Crippen molar-refractivity contribution in [3.8, 4) is 0 Å². The fourth-order valence-electron chi connectivity index (χ4n) is 3.05. The highest BCUT2D eigenvalue weighted by Gasteiger charge is 2.14. The van der Waals surface area contributed by atoms with Crippen LogP contribution in [-0.2, 0) is 14.3 Å². The molecule has 1 aliphatic rings. The molecule has 0 saturated heterocycles. The summed E-state index contributed by atoms with van der Waals surface area (Å²) in [6.07, 6.45) is 8.63. The highest BCUT2D eigenvalue weighted by Crippen LogP contribution is 2.27. The molecular weight excluding hydrogens is 320 g/mol. The number of nitrogens with one attached hydrogen (secondary N) is 2. The molecule has 1 saturated carbocycles. The minimum Gasteiger partial charge on any atom is -0.455 e. The summed E-state index contributed by atoms with van der Waals surface area (Å²) in [7, 11) is 0. The molecule has 25 heavy (non-hydrogen) atoms. The standard InChI is InChI=1S/C19H26N2O4/c22-17(20-21-19(24)16-11-5-2-6-12-16)14-25-18(23)13-7-10-15-8-3-1-4-9-15/h2,5-6,11-12,15H,1,3-4,7-10,13-14H2,(H,20,22)(H,21,24). The number of carbonyl (C=O) groups excluding carboxylic acids is 3. The lowest BCUT2D eigenvalue weighted by molar-refractivity contribution is -0.148. The maximum atomic E-state index is 11.7. The van der Waals surface area contributed by atoms with Crippen LogP contribution in [0.3, 0.4) is 0 Å². The van der Waals surface area contributed by atoms with Gasteiger partial charge in [-0.05, 0) is 30.9 Å². The highest BCUT2D eigenvalue weighted by molar-refractivity contribution is 5.95. The second kappa shape index (κ2) is 10.5. The number of hydrazine groups is 1. The molecule has 0 aliphatic heterocycles. The van der Waals surface area contributed by atoms with Crippen LogP contribution in [0.25, 0.3) is 0 Å². The summed E-state index contributed by atoms with van der Waals surface area (Å²) in [5.74, 6) is -0.629. The molecule has 6 nitrogen and oxygen atoms in total. The number of carbonyl (C=O) groups is 3. The molecule has 2 amide bonds. The Balaban J connectivity index is 1.54. The lowest BCUT2D eigenvalue weighted by atomic mass is 9.86. The molecule has 2 N–H and O–H groups in total. The van der Waals surface area contributed by atoms with Crippen LogP contribution in [-0.4, -0.2) is 24.4 Å². The van der Waals surface area contributed by atoms with E-state index in [1.54, 1.807) is 30.3 Å². The smallest absolute Gasteiger partial charge is 0.306 e. The maximum Gasteiger partial charge on any atom is 0.306 e. The van der Waals surface area contributed by atoms with E-state index in [0.29, 0.717) is 12.0 Å². The molecule has 1 aliphatic carbocycles. The van der Waals surface area contributed by atoms with E-state index < -0.39 is 18.4 Å². The van der Waals surface area contributed by atoms with Gasteiger partial charge in [0, 0.05) is 12.0 Å². The van der Waals surface area contributed by atoms with Gasteiger partial charge in [0.15, 0.2) is 6.61 Å². The van der Waals surface area contributed by atoms with Gasteiger partial charge in [-0.25, -0.2) is 0 Å². The van der Waals surface area contributed by atoms with E-state index in [0.717, 1.165) is 18.8 Å². The van der Waals surface area contributed by atoms with E-state index in [1.807, 2.05) is 0 Å². The number of hydrogen-bond donors (Lipinski definition) is 2. The maximum absolute atomic E-state index is 11.7. The van der Waals surface area contributed by atoms with Gasteiger partial charge in [0.25, 0.3) is 11.8 Å². The van der Waals surface area contributed by atoms with Crippen LogP contribution in [0.2, 0.25) is 0 Å². The van der Waals surface area contributed by atoms with Crippen molar-refractivity contribution in [2.24, 2.45) is 5.92 Å². The second-order valence-electron chi connectivity index (χ2n) is 6.43. The van der Waals surface area contributed by atoms with Gasteiger partial charge < -0.3 is 4.74 Å². The van der Waals surface area contributed by atoms with Crippen LogP contribution < -0.4 is 10.9 Å². The molecule has 1 aromatic carbocycles. The summed E-state index contributed by atoms with van der Waals surface area (Å²) < 4.78 is 4.93. The number of benzene rings is 1. The average Bonchev–Trinajstić information content (AvgIpc) is 2.66. The Kier molecular flexibility index (Phi) is 7.95. The Labute approximate surface area is 148 Å². The summed E-state index contributed by atoms with van der Waals surface area (Å²) in [5.41, 5.74) is 4.94. The quantitative estimate of drug-likeness (QED) is 0.587. The lowest BCUT2D eigenvalue weighted by Crippen LogP contribution is -2.43. The molecule has 0 radical (unpaired) electrons. The first-order valence-corrected chi connectivity index (χ1v) is 8.95. The first-order chi connectivity index (χ1) is 12.1. The normalized spacial score (nSPS) is 14.6. The predicted molar refractivity (Wildman–Crippen MR) is 93.4 cm³/mol. The van der Waals surface area contributed by atoms with Gasteiger partial charge in [-0.2, -0.15) is 0 Å². The van der Waals surface area contributed by atoms with Crippen LogP contribution >= 0.6 is 0 Å². The molecule has 0 heterocycles.